The van der Waals surface area contributed by atoms with Crippen LogP contribution in [0, 0.1) is 0 Å². The summed E-state index contributed by atoms with van der Waals surface area (Å²) in [4.78, 5) is 10.8. The van der Waals surface area contributed by atoms with Gasteiger partial charge >= 0.3 is 5.97 Å². The number of hydrogen-bond acceptors (Lipinski definition) is 13. The van der Waals surface area contributed by atoms with Crippen molar-refractivity contribution >= 4 is 11.7 Å². The lowest BCUT2D eigenvalue weighted by atomic mass is 10.3. The third kappa shape index (κ3) is 25.4. The van der Waals surface area contributed by atoms with Crippen molar-refractivity contribution in [3.63, 3.8) is 0 Å². The standard InChI is InChI=1S/C29H49NO12/c1-2-29(31)42-26-24-40-22-20-38-18-16-36-14-12-34-10-8-32-7-9-33-11-13-35-15-17-37-19-21-39-23-25-41-28-6-4-3-5-27(28)30/h2-6H,1,7-26,30H2. The van der Waals surface area contributed by atoms with E-state index >= 15 is 0 Å². The number of rotatable bonds is 32. The first-order valence-electron chi connectivity index (χ1n) is 14.2. The molecule has 242 valence electrons. The van der Waals surface area contributed by atoms with Crippen molar-refractivity contribution in [1.29, 1.82) is 0 Å². The van der Waals surface area contributed by atoms with Crippen molar-refractivity contribution < 1.29 is 56.9 Å². The van der Waals surface area contributed by atoms with Gasteiger partial charge in [0.25, 0.3) is 0 Å². The monoisotopic (exact) mass is 603 g/mol. The van der Waals surface area contributed by atoms with Crippen LogP contribution in [-0.2, 0) is 52.2 Å². The molecular weight excluding hydrogens is 554 g/mol. The summed E-state index contributed by atoms with van der Waals surface area (Å²) in [7, 11) is 0. The summed E-state index contributed by atoms with van der Waals surface area (Å²) in [6, 6.07) is 7.36. The van der Waals surface area contributed by atoms with Crippen LogP contribution in [0.2, 0.25) is 0 Å². The van der Waals surface area contributed by atoms with Crippen LogP contribution in [0.3, 0.4) is 0 Å². The Kier molecular flexibility index (Phi) is 27.0. The Bertz CT molecular complexity index is 755. The lowest BCUT2D eigenvalue weighted by Crippen LogP contribution is -2.15. The smallest absolute Gasteiger partial charge is 0.330 e. The van der Waals surface area contributed by atoms with Gasteiger partial charge in [0.1, 0.15) is 19.0 Å². The molecule has 0 atom stereocenters. The van der Waals surface area contributed by atoms with E-state index in [1.807, 2.05) is 18.2 Å². The van der Waals surface area contributed by atoms with Gasteiger partial charge in [-0.25, -0.2) is 4.79 Å². The van der Waals surface area contributed by atoms with Crippen molar-refractivity contribution in [2.75, 3.05) is 138 Å². The Morgan fingerprint density at radius 2 is 0.833 bits per heavy atom. The lowest BCUT2D eigenvalue weighted by molar-refractivity contribution is -0.139. The van der Waals surface area contributed by atoms with Gasteiger partial charge in [-0.05, 0) is 12.1 Å². The predicted molar refractivity (Wildman–Crippen MR) is 155 cm³/mol. The number of benzene rings is 1. The van der Waals surface area contributed by atoms with Gasteiger partial charge in [0.15, 0.2) is 0 Å². The van der Waals surface area contributed by atoms with Crippen molar-refractivity contribution in [3.8, 4) is 5.75 Å². The maximum absolute atomic E-state index is 10.8. The number of nitrogens with two attached hydrogens (primary N) is 1. The van der Waals surface area contributed by atoms with E-state index in [0.29, 0.717) is 137 Å². The Labute approximate surface area is 249 Å². The summed E-state index contributed by atoms with van der Waals surface area (Å²) in [5.74, 6) is 0.205. The molecule has 0 bridgehead atoms. The van der Waals surface area contributed by atoms with E-state index in [-0.39, 0.29) is 6.61 Å². The first-order chi connectivity index (χ1) is 20.7. The topological polar surface area (TPSA) is 145 Å². The summed E-state index contributed by atoms with van der Waals surface area (Å²) in [5, 5.41) is 0. The number of ether oxygens (including phenoxy) is 11. The molecule has 0 saturated carbocycles. The van der Waals surface area contributed by atoms with Crippen LogP contribution >= 0.6 is 0 Å². The fourth-order valence-electron chi connectivity index (χ4n) is 2.94. The molecular formula is C29H49NO12. The molecule has 1 aromatic carbocycles. The van der Waals surface area contributed by atoms with Crippen LogP contribution in [0.1, 0.15) is 0 Å². The highest BCUT2D eigenvalue weighted by molar-refractivity contribution is 5.81. The Hall–Kier alpha value is -2.33. The summed E-state index contributed by atoms with van der Waals surface area (Å²) in [6.45, 7) is 12.5. The fraction of sp³-hybridized carbons (Fsp3) is 0.690. The normalized spacial score (nSPS) is 11.0. The molecule has 0 aliphatic rings. The molecule has 2 N–H and O–H groups in total. The molecule has 13 heteroatoms. The number of nitrogen functional groups attached to an aromatic ring is 1. The molecule has 0 radical (unpaired) electrons. The van der Waals surface area contributed by atoms with E-state index in [1.54, 1.807) is 6.07 Å². The second-order valence-electron chi connectivity index (χ2n) is 8.27. The second kappa shape index (κ2) is 30.1. The molecule has 0 amide bonds. The van der Waals surface area contributed by atoms with Gasteiger partial charge in [-0.2, -0.15) is 0 Å². The number of esters is 1. The molecule has 1 aromatic rings. The van der Waals surface area contributed by atoms with Gasteiger partial charge < -0.3 is 57.8 Å². The zero-order chi connectivity index (χ0) is 30.2. The quantitative estimate of drug-likeness (QED) is 0.0550. The highest BCUT2D eigenvalue weighted by Crippen LogP contribution is 2.19. The van der Waals surface area contributed by atoms with E-state index in [9.17, 15) is 4.79 Å². The van der Waals surface area contributed by atoms with Crippen LogP contribution in [0.5, 0.6) is 5.75 Å². The molecule has 0 aliphatic carbocycles. The first-order valence-corrected chi connectivity index (χ1v) is 14.2. The van der Waals surface area contributed by atoms with E-state index in [4.69, 9.17) is 57.8 Å². The molecule has 13 nitrogen and oxygen atoms in total. The van der Waals surface area contributed by atoms with Gasteiger partial charge in [0.2, 0.25) is 0 Å². The second-order valence-corrected chi connectivity index (χ2v) is 8.27. The maximum Gasteiger partial charge on any atom is 0.330 e. The SMILES string of the molecule is C=CC(=O)OCCOCCOCCOCCOCCOCCOCCOCCOCCOCCOc1ccccc1N. The lowest BCUT2D eigenvalue weighted by Gasteiger charge is -2.09. The van der Waals surface area contributed by atoms with E-state index in [1.165, 1.54) is 0 Å². The molecule has 0 aliphatic heterocycles. The van der Waals surface area contributed by atoms with Crippen LogP contribution in [0.15, 0.2) is 36.9 Å². The largest absolute Gasteiger partial charge is 0.489 e. The Morgan fingerprint density at radius 1 is 0.524 bits per heavy atom. The van der Waals surface area contributed by atoms with Gasteiger partial charge in [0.05, 0.1) is 125 Å². The number of carbonyl (C=O) groups excluding carboxylic acids is 1. The third-order valence-electron chi connectivity index (χ3n) is 5.02. The van der Waals surface area contributed by atoms with Gasteiger partial charge in [-0.15, -0.1) is 0 Å². The molecule has 0 saturated heterocycles. The van der Waals surface area contributed by atoms with E-state index in [0.717, 1.165) is 6.08 Å². The minimum absolute atomic E-state index is 0.198. The zero-order valence-corrected chi connectivity index (χ0v) is 24.7. The molecule has 0 spiro atoms. The number of anilines is 1. The van der Waals surface area contributed by atoms with Gasteiger partial charge in [-0.3, -0.25) is 0 Å². The van der Waals surface area contributed by atoms with E-state index in [2.05, 4.69) is 6.58 Å². The Morgan fingerprint density at radius 3 is 1.17 bits per heavy atom. The first kappa shape index (κ1) is 37.7. The van der Waals surface area contributed by atoms with Crippen LogP contribution in [-0.4, -0.2) is 138 Å². The average molecular weight is 604 g/mol. The predicted octanol–water partition coefficient (Wildman–Crippen LogP) is 1.53. The van der Waals surface area contributed by atoms with Crippen molar-refractivity contribution in [1.82, 2.24) is 0 Å². The zero-order valence-electron chi connectivity index (χ0n) is 24.7. The Balaban J connectivity index is 1.65. The number of para-hydroxylation sites is 2. The molecule has 42 heavy (non-hydrogen) atoms. The van der Waals surface area contributed by atoms with Crippen molar-refractivity contribution in [2.24, 2.45) is 0 Å². The highest BCUT2D eigenvalue weighted by Gasteiger charge is 1.99. The van der Waals surface area contributed by atoms with Gasteiger partial charge in [-0.1, -0.05) is 18.7 Å². The van der Waals surface area contributed by atoms with Gasteiger partial charge in [0, 0.05) is 6.08 Å². The van der Waals surface area contributed by atoms with Crippen molar-refractivity contribution in [3.05, 3.63) is 36.9 Å². The van der Waals surface area contributed by atoms with Crippen LogP contribution in [0.25, 0.3) is 0 Å². The fourth-order valence-corrected chi connectivity index (χ4v) is 2.94. The maximum atomic E-state index is 10.8. The summed E-state index contributed by atoms with van der Waals surface area (Å²) in [6.07, 6.45) is 1.11. The average Bonchev–Trinajstić information content (AvgIpc) is 3.00. The number of carbonyl (C=O) groups is 1. The van der Waals surface area contributed by atoms with Crippen LogP contribution in [0.4, 0.5) is 5.69 Å². The highest BCUT2D eigenvalue weighted by atomic mass is 16.6. The minimum atomic E-state index is -0.460. The van der Waals surface area contributed by atoms with Crippen LogP contribution < -0.4 is 10.5 Å². The minimum Gasteiger partial charge on any atom is -0.489 e. The summed E-state index contributed by atoms with van der Waals surface area (Å²) < 4.78 is 59.1. The molecule has 1 rings (SSSR count). The molecule has 0 unspecified atom stereocenters. The molecule has 0 fully saturated rings. The summed E-state index contributed by atoms with van der Waals surface area (Å²) >= 11 is 0. The van der Waals surface area contributed by atoms with E-state index < -0.39 is 5.97 Å². The molecule has 0 aromatic heterocycles. The molecule has 0 heterocycles. The number of hydrogen-bond donors (Lipinski definition) is 1. The third-order valence-corrected chi connectivity index (χ3v) is 5.02. The van der Waals surface area contributed by atoms with Crippen molar-refractivity contribution in [2.45, 2.75) is 0 Å². The summed E-state index contributed by atoms with van der Waals surface area (Å²) in [5.41, 5.74) is 6.42.